The van der Waals surface area contributed by atoms with Gasteiger partial charge >= 0.3 is 0 Å². The third-order valence-electron chi connectivity index (χ3n) is 7.60. The number of rotatable bonds is 8. The molecule has 0 radical (unpaired) electrons. The first kappa shape index (κ1) is 31.1. The molecule has 0 saturated carbocycles. The van der Waals surface area contributed by atoms with Crippen LogP contribution in [0.25, 0.3) is 22.1 Å². The largest absolute Gasteiger partial charge is 0.497 e. The maximum absolute atomic E-state index is 13.3. The smallest absolute Gasteiger partial charge is 0.229 e. The van der Waals surface area contributed by atoms with Crippen molar-refractivity contribution in [1.29, 1.82) is 0 Å². The fourth-order valence-electron chi connectivity index (χ4n) is 4.98. The number of aliphatic hydroxyl groups is 6. The summed E-state index contributed by atoms with van der Waals surface area (Å²) >= 11 is 0. The van der Waals surface area contributed by atoms with Gasteiger partial charge in [-0.05, 0) is 30.7 Å². The van der Waals surface area contributed by atoms with Gasteiger partial charge in [-0.1, -0.05) is 12.1 Å². The normalized spacial score (nSPS) is 32.9. The van der Waals surface area contributed by atoms with E-state index in [9.17, 15) is 35.4 Å². The highest BCUT2D eigenvalue weighted by molar-refractivity contribution is 5.84. The van der Waals surface area contributed by atoms with E-state index in [0.717, 1.165) is 0 Å². The summed E-state index contributed by atoms with van der Waals surface area (Å²) in [6, 6.07) is 9.66. The molecule has 6 N–H and O–H groups in total. The SMILES string of the molecule is COc1ccc(-c2coc3cc(OC4OC(COC5OC(C)C(O)C(O)C5O)C(O)C(O)C4O)c(OC)cc3c2=O)cc1. The van der Waals surface area contributed by atoms with Gasteiger partial charge in [-0.2, -0.15) is 0 Å². The van der Waals surface area contributed by atoms with Gasteiger partial charge in [0.1, 0.15) is 60.3 Å². The highest BCUT2D eigenvalue weighted by atomic mass is 16.7. The van der Waals surface area contributed by atoms with E-state index < -0.39 is 68.0 Å². The van der Waals surface area contributed by atoms with Crippen LogP contribution in [0.5, 0.6) is 17.2 Å². The molecule has 2 saturated heterocycles. The minimum absolute atomic E-state index is 0.000346. The monoisotopic (exact) mass is 606 g/mol. The molecule has 1 aromatic heterocycles. The van der Waals surface area contributed by atoms with Gasteiger partial charge in [0, 0.05) is 6.07 Å². The Morgan fingerprint density at radius 3 is 2.12 bits per heavy atom. The van der Waals surface area contributed by atoms with Crippen molar-refractivity contribution in [1.82, 2.24) is 0 Å². The molecule has 5 rings (SSSR count). The second-order valence-corrected chi connectivity index (χ2v) is 10.4. The molecule has 14 heteroatoms. The van der Waals surface area contributed by atoms with Gasteiger partial charge in [-0.3, -0.25) is 4.79 Å². The third-order valence-corrected chi connectivity index (χ3v) is 7.60. The van der Waals surface area contributed by atoms with Crippen molar-refractivity contribution < 1.29 is 63.5 Å². The van der Waals surface area contributed by atoms with Gasteiger partial charge in [0.2, 0.25) is 11.7 Å². The summed E-state index contributed by atoms with van der Waals surface area (Å²) in [5.74, 6) is 0.722. The van der Waals surface area contributed by atoms with Crippen molar-refractivity contribution >= 4 is 11.0 Å². The first-order valence-electron chi connectivity index (χ1n) is 13.5. The summed E-state index contributed by atoms with van der Waals surface area (Å²) in [4.78, 5) is 13.3. The van der Waals surface area contributed by atoms with Crippen LogP contribution in [0.1, 0.15) is 6.92 Å². The predicted molar refractivity (Wildman–Crippen MR) is 147 cm³/mol. The van der Waals surface area contributed by atoms with Gasteiger partial charge in [-0.25, -0.2) is 0 Å². The number of aliphatic hydroxyl groups excluding tert-OH is 6. The number of hydrogen-bond acceptors (Lipinski definition) is 14. The van der Waals surface area contributed by atoms with Crippen molar-refractivity contribution in [2.24, 2.45) is 0 Å². The van der Waals surface area contributed by atoms with Crippen molar-refractivity contribution in [2.75, 3.05) is 20.8 Å². The maximum atomic E-state index is 13.3. The van der Waals surface area contributed by atoms with E-state index >= 15 is 0 Å². The fraction of sp³-hybridized carbons (Fsp3) is 0.483. The second kappa shape index (κ2) is 12.7. The van der Waals surface area contributed by atoms with Crippen LogP contribution in [0, 0.1) is 0 Å². The average Bonchev–Trinajstić information content (AvgIpc) is 3.02. The molecule has 0 amide bonds. The van der Waals surface area contributed by atoms with Crippen LogP contribution in [0.15, 0.2) is 51.9 Å². The first-order chi connectivity index (χ1) is 20.5. The highest BCUT2D eigenvalue weighted by Gasteiger charge is 2.47. The van der Waals surface area contributed by atoms with Crippen LogP contribution in [0.2, 0.25) is 0 Å². The molecule has 3 heterocycles. The van der Waals surface area contributed by atoms with Gasteiger partial charge in [-0.15, -0.1) is 0 Å². The lowest BCUT2D eigenvalue weighted by Crippen LogP contribution is -2.61. The molecule has 2 aromatic carbocycles. The summed E-state index contributed by atoms with van der Waals surface area (Å²) < 4.78 is 38.7. The number of fused-ring (bicyclic) bond motifs is 1. The van der Waals surface area contributed by atoms with Crippen LogP contribution in [-0.4, -0.2) is 113 Å². The van der Waals surface area contributed by atoms with Crippen LogP contribution >= 0.6 is 0 Å². The third kappa shape index (κ3) is 6.06. The Morgan fingerprint density at radius 1 is 0.767 bits per heavy atom. The maximum Gasteiger partial charge on any atom is 0.229 e. The second-order valence-electron chi connectivity index (χ2n) is 10.4. The van der Waals surface area contributed by atoms with Crippen molar-refractivity contribution in [3.05, 3.63) is 52.9 Å². The van der Waals surface area contributed by atoms with Crippen LogP contribution in [0.3, 0.4) is 0 Å². The molecule has 234 valence electrons. The number of hydrogen-bond donors (Lipinski definition) is 6. The lowest BCUT2D eigenvalue weighted by Gasteiger charge is -2.42. The Morgan fingerprint density at radius 2 is 1.44 bits per heavy atom. The standard InChI is InChI=1S/C29H34O14/c1-12-21(30)24(33)26(35)28(41-12)40-11-20-23(32)25(34)27(36)29(43-20)42-19-9-17-15(8-18(19)38-3)22(31)16(10-39-17)13-4-6-14(37-2)7-5-13/h4-10,12,20-21,23-30,32-36H,11H2,1-3H3. The van der Waals surface area contributed by atoms with E-state index in [1.54, 1.807) is 24.3 Å². The molecular formula is C29H34O14. The quantitative estimate of drug-likeness (QED) is 0.191. The highest BCUT2D eigenvalue weighted by Crippen LogP contribution is 2.35. The van der Waals surface area contributed by atoms with Gasteiger partial charge < -0.3 is 63.5 Å². The van der Waals surface area contributed by atoms with Crippen LogP contribution in [-0.2, 0) is 14.2 Å². The van der Waals surface area contributed by atoms with E-state index in [0.29, 0.717) is 16.9 Å². The molecule has 10 atom stereocenters. The van der Waals surface area contributed by atoms with Crippen molar-refractivity contribution in [3.8, 4) is 28.4 Å². The number of benzene rings is 2. The number of ether oxygens (including phenoxy) is 6. The Hall–Kier alpha value is -3.31. The minimum Gasteiger partial charge on any atom is -0.497 e. The molecule has 2 aliphatic rings. The Balaban J connectivity index is 1.35. The van der Waals surface area contributed by atoms with E-state index in [1.807, 2.05) is 0 Å². The molecule has 2 fully saturated rings. The summed E-state index contributed by atoms with van der Waals surface area (Å²) in [6.07, 6.45) is -13.3. The lowest BCUT2D eigenvalue weighted by atomic mass is 9.98. The molecular weight excluding hydrogens is 572 g/mol. The summed E-state index contributed by atoms with van der Waals surface area (Å²) in [5.41, 5.74) is 0.726. The van der Waals surface area contributed by atoms with Crippen LogP contribution < -0.4 is 19.6 Å². The van der Waals surface area contributed by atoms with E-state index in [-0.39, 0.29) is 27.9 Å². The number of methoxy groups -OCH3 is 2. The zero-order valence-electron chi connectivity index (χ0n) is 23.5. The average molecular weight is 607 g/mol. The van der Waals surface area contributed by atoms with Crippen LogP contribution in [0.4, 0.5) is 0 Å². The molecule has 43 heavy (non-hydrogen) atoms. The fourth-order valence-corrected chi connectivity index (χ4v) is 4.98. The predicted octanol–water partition coefficient (Wildman–Crippen LogP) is -0.492. The molecule has 0 spiro atoms. The summed E-state index contributed by atoms with van der Waals surface area (Å²) in [5, 5.41) is 61.9. The van der Waals surface area contributed by atoms with Crippen molar-refractivity contribution in [2.45, 2.75) is 68.3 Å². The first-order valence-corrected chi connectivity index (χ1v) is 13.5. The Bertz CT molecular complexity index is 1460. The molecule has 0 aliphatic carbocycles. The topological polar surface area (TPSA) is 207 Å². The zero-order valence-corrected chi connectivity index (χ0v) is 23.5. The molecule has 0 bridgehead atoms. The van der Waals surface area contributed by atoms with Gasteiger partial charge in [0.25, 0.3) is 0 Å². The minimum atomic E-state index is -1.73. The molecule has 3 aromatic rings. The zero-order chi connectivity index (χ0) is 31.0. The van der Waals surface area contributed by atoms with Gasteiger partial charge in [0.05, 0.1) is 37.9 Å². The van der Waals surface area contributed by atoms with Crippen molar-refractivity contribution in [3.63, 3.8) is 0 Å². The Kier molecular flexibility index (Phi) is 9.22. The van der Waals surface area contributed by atoms with E-state index in [2.05, 4.69) is 0 Å². The van der Waals surface area contributed by atoms with E-state index in [1.165, 1.54) is 39.5 Å². The molecule has 10 unspecified atom stereocenters. The van der Waals surface area contributed by atoms with E-state index in [4.69, 9.17) is 32.8 Å². The summed E-state index contributed by atoms with van der Waals surface area (Å²) in [7, 11) is 2.88. The lowest BCUT2D eigenvalue weighted by molar-refractivity contribution is -0.318. The van der Waals surface area contributed by atoms with Gasteiger partial charge in [0.15, 0.2) is 17.8 Å². The molecule has 2 aliphatic heterocycles. The summed E-state index contributed by atoms with van der Waals surface area (Å²) in [6.45, 7) is 1.02. The Labute approximate surface area is 245 Å². The molecule has 14 nitrogen and oxygen atoms in total.